The lowest BCUT2D eigenvalue weighted by atomic mass is 9.99. The molecule has 0 atom stereocenters. The van der Waals surface area contributed by atoms with Crippen molar-refractivity contribution in [3.8, 4) is 16.9 Å². The number of aromatic nitrogens is 3. The summed E-state index contributed by atoms with van der Waals surface area (Å²) >= 11 is 0. The average molecular weight is 648 g/mol. The van der Waals surface area contributed by atoms with E-state index in [4.69, 9.17) is 0 Å². The molecule has 0 radical (unpaired) electrons. The number of anilines is 1. The van der Waals surface area contributed by atoms with Crippen LogP contribution in [-0.4, -0.2) is 73.7 Å². The lowest BCUT2D eigenvalue weighted by Crippen LogP contribution is -2.39. The standard InChI is InChI=1S/C30H26F5N5O6/c1-15-5-8-17(27(44)39(12-16-6-7-16)46-28(45)30(33,34)35)11-20(15)24-19-9-10-23(43)40(25-21(31)3-2-4-22(25)32)26(19)38-29(37-24)36-18(13-41)14-42/h2-5,8-11,16,18,41-42H,6-7,12-14H2,1H3,(H,36,37,38). The van der Waals surface area contributed by atoms with Crippen LogP contribution in [0.15, 0.2) is 53.3 Å². The second kappa shape index (κ2) is 12.8. The number of hydrogen-bond donors (Lipinski definition) is 3. The van der Waals surface area contributed by atoms with Gasteiger partial charge in [-0.05, 0) is 61.6 Å². The molecule has 0 bridgehead atoms. The van der Waals surface area contributed by atoms with E-state index in [0.717, 1.165) is 24.3 Å². The number of aliphatic hydroxyl groups is 2. The summed E-state index contributed by atoms with van der Waals surface area (Å²) in [5.41, 5.74) is -1.40. The molecular weight excluding hydrogens is 621 g/mol. The van der Waals surface area contributed by atoms with E-state index < -0.39 is 60.2 Å². The summed E-state index contributed by atoms with van der Waals surface area (Å²) in [6, 6.07) is 8.36. The zero-order valence-corrected chi connectivity index (χ0v) is 24.0. The van der Waals surface area contributed by atoms with Gasteiger partial charge in [0.2, 0.25) is 5.95 Å². The van der Waals surface area contributed by atoms with Crippen LogP contribution >= 0.6 is 0 Å². The molecule has 0 spiro atoms. The molecule has 16 heteroatoms. The molecule has 1 amide bonds. The Kier molecular flexibility index (Phi) is 9.03. The third kappa shape index (κ3) is 6.67. The lowest BCUT2D eigenvalue weighted by Gasteiger charge is -2.22. The number of aliphatic hydroxyl groups excluding tert-OH is 2. The van der Waals surface area contributed by atoms with Crippen LogP contribution in [0.5, 0.6) is 0 Å². The molecule has 3 N–H and O–H groups in total. The van der Waals surface area contributed by atoms with E-state index in [-0.39, 0.29) is 46.3 Å². The van der Waals surface area contributed by atoms with Crippen molar-refractivity contribution in [1.82, 2.24) is 19.6 Å². The maximum Gasteiger partial charge on any atom is 0.493 e. The van der Waals surface area contributed by atoms with Gasteiger partial charge in [-0.1, -0.05) is 12.1 Å². The number of amides is 1. The minimum Gasteiger partial charge on any atom is -0.394 e. The van der Waals surface area contributed by atoms with Gasteiger partial charge in [0.15, 0.2) is 5.65 Å². The molecule has 1 aliphatic carbocycles. The number of nitrogens with one attached hydrogen (secondary N) is 1. The molecule has 0 unspecified atom stereocenters. The molecule has 0 aliphatic heterocycles. The van der Waals surface area contributed by atoms with Crippen molar-refractivity contribution >= 4 is 28.9 Å². The normalized spacial score (nSPS) is 13.2. The van der Waals surface area contributed by atoms with Gasteiger partial charge in [0, 0.05) is 22.6 Å². The van der Waals surface area contributed by atoms with E-state index in [2.05, 4.69) is 20.1 Å². The predicted octanol–water partition coefficient (Wildman–Crippen LogP) is 3.67. The van der Waals surface area contributed by atoms with Gasteiger partial charge in [0.1, 0.15) is 17.3 Å². The Hall–Kier alpha value is -4.96. The highest BCUT2D eigenvalue weighted by Gasteiger charge is 2.44. The fraction of sp³-hybridized carbons (Fsp3) is 0.300. The zero-order chi connectivity index (χ0) is 33.3. The van der Waals surface area contributed by atoms with Gasteiger partial charge in [0.05, 0.1) is 31.5 Å². The molecule has 2 aromatic heterocycles. The molecule has 2 aromatic carbocycles. The number of benzene rings is 2. The summed E-state index contributed by atoms with van der Waals surface area (Å²) in [6.07, 6.45) is -4.09. The molecule has 0 saturated heterocycles. The van der Waals surface area contributed by atoms with Crippen LogP contribution in [0.2, 0.25) is 0 Å². The largest absolute Gasteiger partial charge is 0.493 e. The number of hydrogen-bond acceptors (Lipinski definition) is 9. The number of aryl methyl sites for hydroxylation is 1. The Bertz CT molecular complexity index is 1850. The first-order chi connectivity index (χ1) is 21.8. The summed E-state index contributed by atoms with van der Waals surface area (Å²) in [5, 5.41) is 22.4. The topological polar surface area (TPSA) is 147 Å². The van der Waals surface area contributed by atoms with Crippen molar-refractivity contribution in [2.24, 2.45) is 5.92 Å². The third-order valence-corrected chi connectivity index (χ3v) is 7.20. The molecule has 242 valence electrons. The van der Waals surface area contributed by atoms with Crippen LogP contribution in [0, 0.1) is 24.5 Å². The number of rotatable bonds is 9. The Balaban J connectivity index is 1.70. The molecule has 4 aromatic rings. The number of carbonyl (C=O) groups is 2. The summed E-state index contributed by atoms with van der Waals surface area (Å²) in [7, 11) is 0. The minimum absolute atomic E-state index is 0.0146. The fourth-order valence-corrected chi connectivity index (χ4v) is 4.64. The van der Waals surface area contributed by atoms with Crippen molar-refractivity contribution in [3.05, 3.63) is 81.6 Å². The molecule has 1 saturated carbocycles. The SMILES string of the molecule is Cc1ccc(C(=O)N(CC2CC2)OC(=O)C(F)(F)F)cc1-c1nc(NC(CO)CO)nc2c1ccc(=O)n2-c1c(F)cccc1F. The minimum atomic E-state index is -5.35. The average Bonchev–Trinajstić information content (AvgIpc) is 3.83. The van der Waals surface area contributed by atoms with Crippen molar-refractivity contribution in [2.75, 3.05) is 25.1 Å². The first-order valence-corrected chi connectivity index (χ1v) is 13.9. The van der Waals surface area contributed by atoms with Gasteiger partial charge in [-0.2, -0.15) is 23.2 Å². The van der Waals surface area contributed by atoms with Gasteiger partial charge in [0.25, 0.3) is 11.5 Å². The molecule has 46 heavy (non-hydrogen) atoms. The number of hydroxylamine groups is 2. The number of alkyl halides is 3. The van der Waals surface area contributed by atoms with E-state index in [0.29, 0.717) is 28.0 Å². The first-order valence-electron chi connectivity index (χ1n) is 13.9. The number of pyridine rings is 1. The van der Waals surface area contributed by atoms with Crippen LogP contribution in [0.25, 0.3) is 28.0 Å². The highest BCUT2D eigenvalue weighted by Crippen LogP contribution is 2.34. The summed E-state index contributed by atoms with van der Waals surface area (Å²) in [6.45, 7) is 0.201. The van der Waals surface area contributed by atoms with E-state index in [1.807, 2.05) is 0 Å². The van der Waals surface area contributed by atoms with Gasteiger partial charge >= 0.3 is 12.1 Å². The second-order valence-electron chi connectivity index (χ2n) is 10.6. The van der Waals surface area contributed by atoms with E-state index in [9.17, 15) is 46.5 Å². The molecular formula is C30H26F5N5O6. The molecule has 1 fully saturated rings. The first kappa shape index (κ1) is 32.4. The van der Waals surface area contributed by atoms with Gasteiger partial charge in [-0.15, -0.1) is 0 Å². The van der Waals surface area contributed by atoms with Crippen molar-refractivity contribution < 1.29 is 46.6 Å². The number of para-hydroxylation sites is 1. The zero-order valence-electron chi connectivity index (χ0n) is 24.0. The summed E-state index contributed by atoms with van der Waals surface area (Å²) in [4.78, 5) is 51.3. The molecule has 2 heterocycles. The number of carbonyl (C=O) groups excluding carboxylic acids is 2. The lowest BCUT2D eigenvalue weighted by molar-refractivity contribution is -0.229. The summed E-state index contributed by atoms with van der Waals surface area (Å²) in [5.74, 6) is -6.21. The van der Waals surface area contributed by atoms with Crippen molar-refractivity contribution in [1.29, 1.82) is 0 Å². The number of nitrogens with zero attached hydrogens (tertiary/aromatic N) is 4. The van der Waals surface area contributed by atoms with Gasteiger partial charge in [-0.3, -0.25) is 14.2 Å². The molecule has 5 rings (SSSR count). The van der Waals surface area contributed by atoms with E-state index in [1.165, 1.54) is 24.3 Å². The van der Waals surface area contributed by atoms with Crippen LogP contribution in [0.3, 0.4) is 0 Å². The van der Waals surface area contributed by atoms with Crippen LogP contribution in [0.1, 0.15) is 28.8 Å². The maximum atomic E-state index is 15.0. The predicted molar refractivity (Wildman–Crippen MR) is 153 cm³/mol. The van der Waals surface area contributed by atoms with Crippen LogP contribution in [-0.2, 0) is 9.63 Å². The second-order valence-corrected chi connectivity index (χ2v) is 10.6. The molecule has 1 aliphatic rings. The van der Waals surface area contributed by atoms with E-state index in [1.54, 1.807) is 6.92 Å². The van der Waals surface area contributed by atoms with Crippen molar-refractivity contribution in [3.63, 3.8) is 0 Å². The van der Waals surface area contributed by atoms with Crippen LogP contribution < -0.4 is 10.9 Å². The number of halogens is 5. The third-order valence-electron chi connectivity index (χ3n) is 7.20. The number of fused-ring (bicyclic) bond motifs is 1. The highest BCUT2D eigenvalue weighted by molar-refractivity contribution is 5.98. The summed E-state index contributed by atoms with van der Waals surface area (Å²) < 4.78 is 69.6. The van der Waals surface area contributed by atoms with E-state index >= 15 is 0 Å². The highest BCUT2D eigenvalue weighted by atomic mass is 19.4. The van der Waals surface area contributed by atoms with Gasteiger partial charge < -0.3 is 20.4 Å². The Labute approximate surface area is 256 Å². The smallest absolute Gasteiger partial charge is 0.394 e. The fourth-order valence-electron chi connectivity index (χ4n) is 4.64. The van der Waals surface area contributed by atoms with Gasteiger partial charge in [-0.25, -0.2) is 18.6 Å². The Morgan fingerprint density at radius 1 is 1.07 bits per heavy atom. The quantitative estimate of drug-likeness (QED) is 0.183. The Morgan fingerprint density at radius 2 is 1.74 bits per heavy atom. The van der Waals surface area contributed by atoms with Crippen LogP contribution in [0.4, 0.5) is 27.9 Å². The Morgan fingerprint density at radius 3 is 2.35 bits per heavy atom. The maximum absolute atomic E-state index is 15.0. The molecule has 11 nitrogen and oxygen atoms in total. The van der Waals surface area contributed by atoms with Crippen molar-refractivity contribution in [2.45, 2.75) is 32.0 Å². The monoisotopic (exact) mass is 647 g/mol.